The van der Waals surface area contributed by atoms with Crippen molar-refractivity contribution in [2.75, 3.05) is 11.4 Å². The average Bonchev–Trinajstić information content (AvgIpc) is 3.17. The second-order valence-corrected chi connectivity index (χ2v) is 7.27. The van der Waals surface area contributed by atoms with Gasteiger partial charge in [0.25, 0.3) is 5.91 Å². The van der Waals surface area contributed by atoms with Gasteiger partial charge in [-0.2, -0.15) is 5.23 Å². The molecule has 1 aromatic heterocycles. The van der Waals surface area contributed by atoms with Crippen LogP contribution in [0, 0.1) is 5.21 Å². The number of hydrogen-bond acceptors (Lipinski definition) is 4. The van der Waals surface area contributed by atoms with Gasteiger partial charge in [0, 0.05) is 29.6 Å². The van der Waals surface area contributed by atoms with Gasteiger partial charge in [0.1, 0.15) is 0 Å². The average molecular weight is 378 g/mol. The Kier molecular flexibility index (Phi) is 3.42. The highest BCUT2D eigenvalue weighted by Crippen LogP contribution is 2.45. The summed E-state index contributed by atoms with van der Waals surface area (Å²) in [4.78, 5) is 32.7. The summed E-state index contributed by atoms with van der Waals surface area (Å²) in [6.07, 6.45) is 0.666. The van der Waals surface area contributed by atoms with Crippen LogP contribution in [0.4, 0.5) is 16.2 Å². The molecule has 3 N–H and O–H groups in total. The molecule has 0 radical (unpaired) electrons. The fourth-order valence-corrected chi connectivity index (χ4v) is 4.37. The first-order chi connectivity index (χ1) is 13.4. The van der Waals surface area contributed by atoms with Gasteiger partial charge >= 0.3 is 6.03 Å². The Hall–Kier alpha value is -3.20. The lowest BCUT2D eigenvalue weighted by atomic mass is 9.87. The largest absolute Gasteiger partial charge is 0.595 e. The number of amides is 3. The monoisotopic (exact) mass is 378 g/mol. The molecule has 0 spiro atoms. The van der Waals surface area contributed by atoms with Gasteiger partial charge in [-0.3, -0.25) is 4.79 Å². The molecular weight excluding hydrogens is 360 g/mol. The first kappa shape index (κ1) is 16.9. The highest BCUT2D eigenvalue weighted by atomic mass is 16.8. The minimum absolute atomic E-state index is 0.102. The number of nitrogens with one attached hydrogen (secondary N) is 2. The van der Waals surface area contributed by atoms with Crippen LogP contribution in [-0.2, 0) is 16.8 Å². The maximum Gasteiger partial charge on any atom is 0.332 e. The number of para-hydroxylation sites is 1. The molecular formula is C20H18N4O4. The molecule has 0 aliphatic carbocycles. The van der Waals surface area contributed by atoms with Crippen molar-refractivity contribution in [3.8, 4) is 0 Å². The Labute approximate surface area is 160 Å². The summed E-state index contributed by atoms with van der Waals surface area (Å²) in [7, 11) is 0. The maximum absolute atomic E-state index is 13.5. The second-order valence-electron chi connectivity index (χ2n) is 7.27. The van der Waals surface area contributed by atoms with E-state index in [0.717, 1.165) is 27.1 Å². The van der Waals surface area contributed by atoms with Crippen molar-refractivity contribution >= 4 is 34.2 Å². The van der Waals surface area contributed by atoms with Crippen molar-refractivity contribution in [3.63, 3.8) is 0 Å². The number of carbonyl (C=O) groups excluding carboxylic acids is 2. The minimum Gasteiger partial charge on any atom is -0.595 e. The standard InChI is InChI=1S/C20H18N4O4/c1-20-17-15(14-4-2-3-5-16(14)21-17)10-11-22(20)19(26)23(18(20)25)12-6-8-13(9-7-12)24(27)28/h2-9,21,24,27H,10-11H2,1H3/t20-/m0/s1. The van der Waals surface area contributed by atoms with E-state index in [1.165, 1.54) is 24.3 Å². The van der Waals surface area contributed by atoms with Crippen LogP contribution in [0.1, 0.15) is 18.2 Å². The maximum atomic E-state index is 13.5. The van der Waals surface area contributed by atoms with E-state index >= 15 is 0 Å². The Morgan fingerprint density at radius 2 is 1.86 bits per heavy atom. The lowest BCUT2D eigenvalue weighted by molar-refractivity contribution is -0.991. The number of anilines is 1. The Balaban J connectivity index is 1.62. The summed E-state index contributed by atoms with van der Waals surface area (Å²) in [5.74, 6) is -0.340. The summed E-state index contributed by atoms with van der Waals surface area (Å²) >= 11 is 0. The topological polar surface area (TPSA) is 104 Å². The van der Waals surface area contributed by atoms with Crippen LogP contribution < -0.4 is 10.1 Å². The zero-order chi connectivity index (χ0) is 19.6. The van der Waals surface area contributed by atoms with Crippen LogP contribution in [0.25, 0.3) is 10.9 Å². The summed E-state index contributed by atoms with van der Waals surface area (Å²) in [6.45, 7) is 2.21. The molecule has 3 amide bonds. The smallest absolute Gasteiger partial charge is 0.332 e. The quantitative estimate of drug-likeness (QED) is 0.467. The fourth-order valence-electron chi connectivity index (χ4n) is 4.37. The number of quaternary nitrogens is 1. The molecule has 1 saturated heterocycles. The van der Waals surface area contributed by atoms with Gasteiger partial charge in [-0.05, 0) is 37.1 Å². The van der Waals surface area contributed by atoms with E-state index in [4.69, 9.17) is 5.21 Å². The van der Waals surface area contributed by atoms with E-state index in [9.17, 15) is 14.8 Å². The van der Waals surface area contributed by atoms with Crippen LogP contribution in [0.5, 0.6) is 0 Å². The number of imide groups is 1. The molecule has 2 aromatic carbocycles. The molecule has 1 unspecified atom stereocenters. The third-order valence-electron chi connectivity index (χ3n) is 5.84. The zero-order valence-electron chi connectivity index (χ0n) is 15.1. The van der Waals surface area contributed by atoms with Crippen LogP contribution in [0.15, 0.2) is 48.5 Å². The molecule has 5 rings (SSSR count). The van der Waals surface area contributed by atoms with Crippen molar-refractivity contribution in [2.24, 2.45) is 0 Å². The fraction of sp³-hybridized carbons (Fsp3) is 0.200. The first-order valence-electron chi connectivity index (χ1n) is 9.02. The number of rotatable bonds is 2. The zero-order valence-corrected chi connectivity index (χ0v) is 15.1. The van der Waals surface area contributed by atoms with Crippen LogP contribution in [-0.4, -0.2) is 33.6 Å². The molecule has 28 heavy (non-hydrogen) atoms. The highest BCUT2D eigenvalue weighted by molar-refractivity contribution is 6.23. The lowest BCUT2D eigenvalue weighted by Gasteiger charge is -2.35. The predicted molar refractivity (Wildman–Crippen MR) is 101 cm³/mol. The van der Waals surface area contributed by atoms with Gasteiger partial charge in [-0.25, -0.2) is 14.9 Å². The molecule has 142 valence electrons. The normalized spacial score (nSPS) is 22.5. The first-order valence-corrected chi connectivity index (χ1v) is 9.02. The molecule has 2 atom stereocenters. The van der Waals surface area contributed by atoms with Gasteiger partial charge in [-0.15, -0.1) is 0 Å². The Morgan fingerprint density at radius 1 is 1.14 bits per heavy atom. The molecule has 0 bridgehead atoms. The van der Waals surface area contributed by atoms with Crippen molar-refractivity contribution in [3.05, 3.63) is 65.0 Å². The van der Waals surface area contributed by atoms with Crippen molar-refractivity contribution in [1.29, 1.82) is 0 Å². The number of H-pyrrole nitrogens is 1. The molecule has 2 aliphatic heterocycles. The Bertz CT molecular complexity index is 1120. The summed E-state index contributed by atoms with van der Waals surface area (Å²) < 4.78 is 0. The van der Waals surface area contributed by atoms with Gasteiger partial charge in [0.15, 0.2) is 11.2 Å². The third kappa shape index (κ3) is 2.04. The number of carbonyl (C=O) groups is 2. The molecule has 2 aliphatic rings. The van der Waals surface area contributed by atoms with Crippen molar-refractivity contribution < 1.29 is 20.0 Å². The van der Waals surface area contributed by atoms with E-state index in [1.807, 2.05) is 24.3 Å². The van der Waals surface area contributed by atoms with E-state index in [-0.39, 0.29) is 17.6 Å². The number of fused-ring (bicyclic) bond motifs is 5. The Morgan fingerprint density at radius 3 is 2.57 bits per heavy atom. The number of benzene rings is 2. The molecule has 8 heteroatoms. The van der Waals surface area contributed by atoms with Crippen LogP contribution in [0.2, 0.25) is 0 Å². The molecule has 8 nitrogen and oxygen atoms in total. The van der Waals surface area contributed by atoms with Gasteiger partial charge in [0.05, 0.1) is 11.4 Å². The number of hydrogen-bond donors (Lipinski definition) is 3. The SMILES string of the molecule is C[C@]12C(=O)N(c3ccc([NH+]([O-])O)cc3)C(=O)N1CCc1c2[nH]c2ccccc12. The van der Waals surface area contributed by atoms with Crippen molar-refractivity contribution in [1.82, 2.24) is 9.88 Å². The molecule has 0 saturated carbocycles. The highest BCUT2D eigenvalue weighted by Gasteiger charge is 2.58. The third-order valence-corrected chi connectivity index (χ3v) is 5.84. The number of aromatic nitrogens is 1. The van der Waals surface area contributed by atoms with Crippen LogP contribution >= 0.6 is 0 Å². The van der Waals surface area contributed by atoms with Crippen molar-refractivity contribution in [2.45, 2.75) is 18.9 Å². The van der Waals surface area contributed by atoms with Gasteiger partial charge < -0.3 is 15.1 Å². The molecule has 3 aromatic rings. The summed E-state index contributed by atoms with van der Waals surface area (Å²) in [5.41, 5.74) is 2.12. The number of aromatic amines is 1. The van der Waals surface area contributed by atoms with Gasteiger partial charge in [0.2, 0.25) is 0 Å². The number of nitrogens with zero attached hydrogens (tertiary/aromatic N) is 2. The van der Waals surface area contributed by atoms with Crippen LogP contribution in [0.3, 0.4) is 0 Å². The van der Waals surface area contributed by atoms with Gasteiger partial charge in [-0.1, -0.05) is 18.2 Å². The summed E-state index contributed by atoms with van der Waals surface area (Å²) in [6, 6.07) is 13.3. The van der Waals surface area contributed by atoms with E-state index < -0.39 is 10.8 Å². The van der Waals surface area contributed by atoms with E-state index in [2.05, 4.69) is 4.98 Å². The summed E-state index contributed by atoms with van der Waals surface area (Å²) in [5, 5.41) is 20.2. The predicted octanol–water partition coefficient (Wildman–Crippen LogP) is 1.81. The van der Waals surface area contributed by atoms with E-state index in [1.54, 1.807) is 11.8 Å². The van der Waals surface area contributed by atoms with E-state index in [0.29, 0.717) is 18.7 Å². The second kappa shape index (κ2) is 5.65. The lowest BCUT2D eigenvalue weighted by Crippen LogP contribution is -2.99. The molecule has 3 heterocycles. The number of urea groups is 1. The minimum atomic E-state index is -1.12. The molecule has 1 fully saturated rings.